The van der Waals surface area contributed by atoms with Gasteiger partial charge in [-0.3, -0.25) is 9.59 Å². The van der Waals surface area contributed by atoms with Crippen molar-refractivity contribution in [2.45, 2.75) is 6.92 Å². The van der Waals surface area contributed by atoms with E-state index in [9.17, 15) is 18.8 Å². The first kappa shape index (κ1) is 18.6. The van der Waals surface area contributed by atoms with Crippen molar-refractivity contribution in [2.75, 3.05) is 32.8 Å². The number of hydrogen-bond donors (Lipinski definition) is 0. The highest BCUT2D eigenvalue weighted by atomic mass is 19.1. The SMILES string of the molecule is Cc1ccc(C(=O)OCC(=O)N2CCN(C(=O)c3ccco3)CC2)cc1F. The molecule has 0 spiro atoms. The Balaban J connectivity index is 1.47. The number of esters is 1. The van der Waals surface area contributed by atoms with Gasteiger partial charge >= 0.3 is 5.97 Å². The molecular weight excluding hydrogens is 355 g/mol. The second-order valence-electron chi connectivity index (χ2n) is 6.19. The van der Waals surface area contributed by atoms with Crippen LogP contribution in [-0.4, -0.2) is 60.4 Å². The summed E-state index contributed by atoms with van der Waals surface area (Å²) in [6.07, 6.45) is 1.43. The van der Waals surface area contributed by atoms with Crippen LogP contribution in [0.4, 0.5) is 4.39 Å². The summed E-state index contributed by atoms with van der Waals surface area (Å²) in [6.45, 7) is 2.56. The summed E-state index contributed by atoms with van der Waals surface area (Å²) in [6, 6.07) is 7.24. The molecule has 1 fully saturated rings. The summed E-state index contributed by atoms with van der Waals surface area (Å²) < 4.78 is 23.6. The van der Waals surface area contributed by atoms with E-state index in [2.05, 4.69) is 0 Å². The Morgan fingerprint density at radius 2 is 1.81 bits per heavy atom. The van der Waals surface area contributed by atoms with Crippen molar-refractivity contribution < 1.29 is 27.9 Å². The van der Waals surface area contributed by atoms with Crippen LogP contribution >= 0.6 is 0 Å². The van der Waals surface area contributed by atoms with Gasteiger partial charge in [-0.2, -0.15) is 0 Å². The zero-order chi connectivity index (χ0) is 19.4. The number of halogens is 1. The number of benzene rings is 1. The minimum atomic E-state index is -0.756. The fourth-order valence-electron chi connectivity index (χ4n) is 2.74. The molecule has 0 saturated carbocycles. The first-order valence-electron chi connectivity index (χ1n) is 8.49. The zero-order valence-electron chi connectivity index (χ0n) is 14.8. The Hall–Kier alpha value is -3.16. The number of piperazine rings is 1. The minimum Gasteiger partial charge on any atom is -0.459 e. The topological polar surface area (TPSA) is 80.1 Å². The van der Waals surface area contributed by atoms with E-state index in [1.807, 2.05) is 0 Å². The second kappa shape index (κ2) is 8.03. The largest absolute Gasteiger partial charge is 0.459 e. The first-order chi connectivity index (χ1) is 13.0. The van der Waals surface area contributed by atoms with E-state index >= 15 is 0 Å². The molecule has 1 saturated heterocycles. The fourth-order valence-corrected chi connectivity index (χ4v) is 2.74. The van der Waals surface area contributed by atoms with E-state index in [4.69, 9.17) is 9.15 Å². The lowest BCUT2D eigenvalue weighted by Gasteiger charge is -2.34. The monoisotopic (exact) mass is 374 g/mol. The van der Waals surface area contributed by atoms with Gasteiger partial charge in [0.15, 0.2) is 12.4 Å². The van der Waals surface area contributed by atoms with Crippen LogP contribution in [0, 0.1) is 12.7 Å². The molecule has 0 aliphatic carbocycles. The summed E-state index contributed by atoms with van der Waals surface area (Å²) in [7, 11) is 0. The van der Waals surface area contributed by atoms with Crippen LogP contribution in [0.5, 0.6) is 0 Å². The molecule has 0 unspecified atom stereocenters. The molecule has 2 aromatic rings. The van der Waals surface area contributed by atoms with Gasteiger partial charge in [0.2, 0.25) is 0 Å². The number of ether oxygens (including phenoxy) is 1. The van der Waals surface area contributed by atoms with Crippen molar-refractivity contribution >= 4 is 17.8 Å². The standard InChI is InChI=1S/C19H19FN2O5/c1-13-4-5-14(11-15(13)20)19(25)27-12-17(23)21-6-8-22(9-7-21)18(24)16-3-2-10-26-16/h2-5,10-11H,6-9,12H2,1H3. The average Bonchev–Trinajstić information content (AvgIpc) is 3.22. The average molecular weight is 374 g/mol. The van der Waals surface area contributed by atoms with Gasteiger partial charge in [0.1, 0.15) is 5.82 Å². The number of hydrogen-bond acceptors (Lipinski definition) is 5. The molecule has 2 amide bonds. The molecule has 1 aromatic carbocycles. The van der Waals surface area contributed by atoms with Crippen LogP contribution < -0.4 is 0 Å². The Labute approximate surface area is 155 Å². The molecule has 27 heavy (non-hydrogen) atoms. The van der Waals surface area contributed by atoms with Crippen LogP contribution in [0.1, 0.15) is 26.5 Å². The summed E-state index contributed by atoms with van der Waals surface area (Å²) in [4.78, 5) is 39.5. The van der Waals surface area contributed by atoms with Crippen molar-refractivity contribution in [3.8, 4) is 0 Å². The summed E-state index contributed by atoms with van der Waals surface area (Å²) in [5, 5.41) is 0. The van der Waals surface area contributed by atoms with Gasteiger partial charge < -0.3 is 19.0 Å². The van der Waals surface area contributed by atoms with Crippen LogP contribution in [0.25, 0.3) is 0 Å². The maximum atomic E-state index is 13.5. The molecule has 0 bridgehead atoms. The van der Waals surface area contributed by atoms with E-state index in [-0.39, 0.29) is 23.1 Å². The van der Waals surface area contributed by atoms with Crippen molar-refractivity contribution in [2.24, 2.45) is 0 Å². The summed E-state index contributed by atoms with van der Waals surface area (Å²) in [5.74, 6) is -1.59. The molecule has 0 N–H and O–H groups in total. The molecule has 1 aromatic heterocycles. The third kappa shape index (κ3) is 4.33. The van der Waals surface area contributed by atoms with Gasteiger partial charge in [-0.15, -0.1) is 0 Å². The van der Waals surface area contributed by atoms with Gasteiger partial charge in [-0.1, -0.05) is 6.07 Å². The summed E-state index contributed by atoms with van der Waals surface area (Å²) >= 11 is 0. The van der Waals surface area contributed by atoms with Gasteiger partial charge in [-0.05, 0) is 36.8 Å². The van der Waals surface area contributed by atoms with Crippen molar-refractivity contribution in [3.63, 3.8) is 0 Å². The van der Waals surface area contributed by atoms with Crippen LogP contribution in [0.3, 0.4) is 0 Å². The third-order valence-electron chi connectivity index (χ3n) is 4.39. The lowest BCUT2D eigenvalue weighted by Crippen LogP contribution is -2.51. The normalized spacial score (nSPS) is 14.1. The van der Waals surface area contributed by atoms with Crippen molar-refractivity contribution in [1.29, 1.82) is 0 Å². The third-order valence-corrected chi connectivity index (χ3v) is 4.39. The predicted octanol–water partition coefficient (Wildman–Crippen LogP) is 1.87. The van der Waals surface area contributed by atoms with E-state index < -0.39 is 18.4 Å². The van der Waals surface area contributed by atoms with Gasteiger partial charge in [0, 0.05) is 26.2 Å². The number of nitrogens with zero attached hydrogens (tertiary/aromatic N) is 2. The molecule has 0 atom stereocenters. The number of aryl methyl sites for hydroxylation is 1. The van der Waals surface area contributed by atoms with Gasteiger partial charge in [-0.25, -0.2) is 9.18 Å². The number of carbonyl (C=O) groups excluding carboxylic acids is 3. The highest BCUT2D eigenvalue weighted by Gasteiger charge is 2.26. The van der Waals surface area contributed by atoms with Crippen LogP contribution in [0.15, 0.2) is 41.0 Å². The second-order valence-corrected chi connectivity index (χ2v) is 6.19. The van der Waals surface area contributed by atoms with Crippen LogP contribution in [0.2, 0.25) is 0 Å². The summed E-state index contributed by atoms with van der Waals surface area (Å²) in [5.41, 5.74) is 0.476. The van der Waals surface area contributed by atoms with E-state index in [0.717, 1.165) is 6.07 Å². The fraction of sp³-hybridized carbons (Fsp3) is 0.316. The Bertz CT molecular complexity index is 842. The Morgan fingerprint density at radius 1 is 1.11 bits per heavy atom. The number of rotatable bonds is 4. The molecule has 3 rings (SSSR count). The van der Waals surface area contributed by atoms with E-state index in [1.165, 1.54) is 23.3 Å². The Morgan fingerprint density at radius 3 is 2.44 bits per heavy atom. The molecule has 2 heterocycles. The molecule has 0 radical (unpaired) electrons. The maximum absolute atomic E-state index is 13.5. The zero-order valence-corrected chi connectivity index (χ0v) is 14.8. The lowest BCUT2D eigenvalue weighted by molar-refractivity contribution is -0.136. The molecule has 8 heteroatoms. The van der Waals surface area contributed by atoms with Gasteiger partial charge in [0.05, 0.1) is 11.8 Å². The van der Waals surface area contributed by atoms with Gasteiger partial charge in [0.25, 0.3) is 11.8 Å². The highest BCUT2D eigenvalue weighted by Crippen LogP contribution is 2.12. The molecule has 1 aliphatic rings. The minimum absolute atomic E-state index is 0.0553. The molecular formula is C19H19FN2O5. The van der Waals surface area contributed by atoms with E-state index in [1.54, 1.807) is 24.0 Å². The predicted molar refractivity (Wildman–Crippen MR) is 92.6 cm³/mol. The lowest BCUT2D eigenvalue weighted by atomic mass is 10.1. The number of carbonyl (C=O) groups is 3. The highest BCUT2D eigenvalue weighted by molar-refractivity contribution is 5.92. The van der Waals surface area contributed by atoms with Crippen LogP contribution in [-0.2, 0) is 9.53 Å². The molecule has 1 aliphatic heterocycles. The maximum Gasteiger partial charge on any atom is 0.338 e. The quantitative estimate of drug-likeness (QED) is 0.764. The number of furan rings is 1. The smallest absolute Gasteiger partial charge is 0.338 e. The Kier molecular flexibility index (Phi) is 5.54. The van der Waals surface area contributed by atoms with Crippen molar-refractivity contribution in [1.82, 2.24) is 9.80 Å². The molecule has 142 valence electrons. The van der Waals surface area contributed by atoms with E-state index in [0.29, 0.717) is 31.7 Å². The first-order valence-corrected chi connectivity index (χ1v) is 8.49. The molecule has 7 nitrogen and oxygen atoms in total. The van der Waals surface area contributed by atoms with Crippen molar-refractivity contribution in [3.05, 3.63) is 59.3 Å². The number of amides is 2.